The van der Waals surface area contributed by atoms with Crippen LogP contribution in [0.4, 0.5) is 0 Å². The van der Waals surface area contributed by atoms with Gasteiger partial charge in [-0.25, -0.2) is 0 Å². The van der Waals surface area contributed by atoms with E-state index in [1.807, 2.05) is 0 Å². The summed E-state index contributed by atoms with van der Waals surface area (Å²) in [7, 11) is 1.84. The van der Waals surface area contributed by atoms with Crippen LogP contribution in [0.1, 0.15) is 0 Å². The van der Waals surface area contributed by atoms with Gasteiger partial charge in [0, 0.05) is 0 Å². The monoisotopic (exact) mass is 106 g/mol. The third-order valence-corrected chi connectivity index (χ3v) is 2.25. The predicted molar refractivity (Wildman–Crippen MR) is 32.4 cm³/mol. The molecule has 0 aliphatic rings. The van der Waals surface area contributed by atoms with Crippen LogP contribution in [-0.2, 0) is 0 Å². The molecule has 0 saturated heterocycles. The second-order valence-corrected chi connectivity index (χ2v) is 2.62. The summed E-state index contributed by atoms with van der Waals surface area (Å²) >= 11 is 0. The first-order valence-corrected chi connectivity index (χ1v) is 4.50. The Morgan fingerprint density at radius 2 is 2.00 bits per heavy atom. The minimum absolute atomic E-state index is 0.920. The molecule has 0 bridgehead atoms. The molecule has 5 heavy (non-hydrogen) atoms. The van der Waals surface area contributed by atoms with Crippen LogP contribution in [0, 0.1) is 5.37 Å². The van der Waals surface area contributed by atoms with Crippen molar-refractivity contribution in [3.63, 3.8) is 0 Å². The Bertz CT molecular complexity index is 57.0. The summed E-state index contributed by atoms with van der Waals surface area (Å²) < 4.78 is 0. The summed E-state index contributed by atoms with van der Waals surface area (Å²) in [5.41, 5.74) is 0. The van der Waals surface area contributed by atoms with Crippen LogP contribution < -0.4 is 0 Å². The zero-order valence-corrected chi connectivity index (χ0v) is 5.50. The summed E-state index contributed by atoms with van der Waals surface area (Å²) in [6.45, 7) is 4.27. The van der Waals surface area contributed by atoms with Crippen molar-refractivity contribution in [2.24, 2.45) is 0 Å². The molecule has 2 atom stereocenters. The number of rotatable bonds is 0. The van der Waals surface area contributed by atoms with E-state index in [9.17, 15) is 0 Å². The van der Waals surface area contributed by atoms with Gasteiger partial charge in [-0.1, -0.05) is 8.58 Å². The summed E-state index contributed by atoms with van der Waals surface area (Å²) in [5, 5.41) is 3.17. The average molecular weight is 106 g/mol. The second kappa shape index (κ2) is 4.51. The maximum absolute atomic E-state index is 3.17. The molecule has 0 amide bonds. The summed E-state index contributed by atoms with van der Waals surface area (Å²) in [6.07, 6.45) is 0. The lowest BCUT2D eigenvalue weighted by molar-refractivity contribution is 2.47. The number of hydrogen-bond donors (Lipinski definition) is 0. The topological polar surface area (TPSA) is 0 Å². The van der Waals surface area contributed by atoms with E-state index >= 15 is 0 Å². The molecule has 0 rings (SSSR count). The third kappa shape index (κ3) is 4.51. The highest BCUT2D eigenvalue weighted by molar-refractivity contribution is 7.50. The van der Waals surface area contributed by atoms with Gasteiger partial charge < -0.3 is 0 Å². The molecule has 0 saturated carbocycles. The van der Waals surface area contributed by atoms with Crippen LogP contribution in [0.25, 0.3) is 0 Å². The van der Waals surface area contributed by atoms with Crippen molar-refractivity contribution >= 4 is 16.6 Å². The molecule has 0 spiro atoms. The normalized spacial score (nSPS) is 10.0. The van der Waals surface area contributed by atoms with Gasteiger partial charge in [0.2, 0.25) is 0 Å². The summed E-state index contributed by atoms with van der Waals surface area (Å²) in [6, 6.07) is 0. The molecule has 30 valence electrons. The fraction of sp³-hybridized carbons (Fsp3) is 0.667. The molecule has 0 aromatic heterocycles. The quantitative estimate of drug-likeness (QED) is 0.410. The van der Waals surface area contributed by atoms with Gasteiger partial charge in [0.15, 0.2) is 0 Å². The van der Waals surface area contributed by atoms with Crippen LogP contribution in [0.15, 0.2) is 0 Å². The zero-order chi connectivity index (χ0) is 4.12. The third-order valence-electron chi connectivity index (χ3n) is 0.250. The lowest BCUT2D eigenvalue weighted by Crippen LogP contribution is -1.22. The first-order chi connectivity index (χ1) is 2.41. The average Bonchev–Trinajstić information content (AvgIpc) is 1.41. The molecule has 0 N–H and O–H groups in total. The minimum atomic E-state index is 0.920. The molecule has 0 aromatic carbocycles. The van der Waals surface area contributed by atoms with E-state index in [2.05, 4.69) is 18.7 Å². The standard InChI is InChI=1S/C3H8P2/c1-4-3-5-2/h4-5H,1-2H3. The minimum Gasteiger partial charge on any atom is -0.122 e. The molecular formula is C3H8P2. The maximum atomic E-state index is 3.17. The van der Waals surface area contributed by atoms with E-state index in [1.165, 1.54) is 0 Å². The van der Waals surface area contributed by atoms with E-state index in [-0.39, 0.29) is 0 Å². The van der Waals surface area contributed by atoms with Crippen LogP contribution in [-0.4, -0.2) is 13.3 Å². The van der Waals surface area contributed by atoms with E-state index in [1.54, 1.807) is 0 Å². The molecule has 0 radical (unpaired) electrons. The molecule has 0 nitrogen and oxygen atoms in total. The van der Waals surface area contributed by atoms with Crippen molar-refractivity contribution in [1.29, 1.82) is 0 Å². The molecule has 0 fully saturated rings. The van der Waals surface area contributed by atoms with Crippen molar-refractivity contribution in [2.45, 2.75) is 0 Å². The van der Waals surface area contributed by atoms with Gasteiger partial charge in [0.1, 0.15) is 0 Å². The number of hydrogen-bond acceptors (Lipinski definition) is 0. The van der Waals surface area contributed by atoms with Crippen LogP contribution >= 0.6 is 16.6 Å². The smallest absolute Gasteiger partial charge is 0.0253 e. The largest absolute Gasteiger partial charge is 0.122 e. The van der Waals surface area contributed by atoms with E-state index in [0.29, 0.717) is 0 Å². The molecule has 0 aliphatic carbocycles. The Balaban J connectivity index is 2.81. The van der Waals surface area contributed by atoms with Crippen molar-refractivity contribution < 1.29 is 0 Å². The highest BCUT2D eigenvalue weighted by Gasteiger charge is 1.46. The molecule has 0 heterocycles. The van der Waals surface area contributed by atoms with E-state index < -0.39 is 0 Å². The van der Waals surface area contributed by atoms with Gasteiger partial charge in [-0.15, -0.1) is 13.4 Å². The van der Waals surface area contributed by atoms with Crippen molar-refractivity contribution in [2.75, 3.05) is 13.3 Å². The van der Waals surface area contributed by atoms with Crippen molar-refractivity contribution in [1.82, 2.24) is 0 Å². The van der Waals surface area contributed by atoms with Gasteiger partial charge in [-0.05, 0) is 13.3 Å². The highest BCUT2D eigenvalue weighted by atomic mass is 31.1. The maximum Gasteiger partial charge on any atom is -0.0253 e. The first-order valence-electron chi connectivity index (χ1n) is 1.50. The van der Waals surface area contributed by atoms with E-state index in [0.717, 1.165) is 16.6 Å². The first kappa shape index (κ1) is 5.51. The lowest BCUT2D eigenvalue weighted by atomic mass is 11.9. The molecular weight excluding hydrogens is 98.0 g/mol. The predicted octanol–water partition coefficient (Wildman–Crippen LogP) is 1.52. The Morgan fingerprint density at radius 1 is 1.40 bits per heavy atom. The van der Waals surface area contributed by atoms with Crippen LogP contribution in [0.3, 0.4) is 0 Å². The van der Waals surface area contributed by atoms with Crippen molar-refractivity contribution in [3.05, 3.63) is 0 Å². The van der Waals surface area contributed by atoms with Gasteiger partial charge >= 0.3 is 0 Å². The summed E-state index contributed by atoms with van der Waals surface area (Å²) in [4.78, 5) is 0. The van der Waals surface area contributed by atoms with Gasteiger partial charge in [-0.2, -0.15) is 0 Å². The molecule has 0 aliphatic heterocycles. The van der Waals surface area contributed by atoms with Gasteiger partial charge in [-0.3, -0.25) is 0 Å². The SMILES string of the molecule is CPC#[PH]C. The second-order valence-electron chi connectivity index (χ2n) is 0.625. The lowest BCUT2D eigenvalue weighted by Gasteiger charge is -1.60. The Morgan fingerprint density at radius 3 is 2.00 bits per heavy atom. The van der Waals surface area contributed by atoms with E-state index in [4.69, 9.17) is 0 Å². The molecule has 2 heteroatoms. The van der Waals surface area contributed by atoms with Gasteiger partial charge in [0.05, 0.1) is 0 Å². The van der Waals surface area contributed by atoms with Gasteiger partial charge in [0.25, 0.3) is 0 Å². The fourth-order valence-corrected chi connectivity index (χ4v) is 1.12. The van der Waals surface area contributed by atoms with Crippen LogP contribution in [0.2, 0.25) is 0 Å². The molecule has 2 unspecified atom stereocenters. The summed E-state index contributed by atoms with van der Waals surface area (Å²) in [5.74, 6) is 0. The Hall–Kier alpha value is 0.510. The molecule has 0 aromatic rings. The zero-order valence-electron chi connectivity index (χ0n) is 3.50. The Kier molecular flexibility index (Phi) is 4.97. The Labute approximate surface area is 36.2 Å². The van der Waals surface area contributed by atoms with Crippen molar-refractivity contribution in [3.8, 4) is 5.37 Å². The fourth-order valence-electron chi connectivity index (χ4n) is 0.125. The van der Waals surface area contributed by atoms with Crippen LogP contribution in [0.5, 0.6) is 0 Å². The highest BCUT2D eigenvalue weighted by Crippen LogP contribution is 1.99.